The predicted molar refractivity (Wildman–Crippen MR) is 90.3 cm³/mol. The molecule has 2 aromatic carbocycles. The van der Waals surface area contributed by atoms with Crippen LogP contribution in [0.2, 0.25) is 10.0 Å². The van der Waals surface area contributed by atoms with Crippen LogP contribution in [0.25, 0.3) is 0 Å². The fraction of sp³-hybridized carbons (Fsp3) is 0.188. The average molecular weight is 338 g/mol. The molecule has 2 aromatic rings. The quantitative estimate of drug-likeness (QED) is 0.761. The van der Waals surface area contributed by atoms with Gasteiger partial charge in [0.25, 0.3) is 0 Å². The van der Waals surface area contributed by atoms with Gasteiger partial charge < -0.3 is 0 Å². The van der Waals surface area contributed by atoms with Gasteiger partial charge in [0.05, 0.1) is 5.75 Å². The summed E-state index contributed by atoms with van der Waals surface area (Å²) in [4.78, 5) is 14.2. The minimum absolute atomic E-state index is 0.102. The molecule has 5 heteroatoms. The van der Waals surface area contributed by atoms with Crippen LogP contribution in [0.1, 0.15) is 16.5 Å². The fourth-order valence-electron chi connectivity index (χ4n) is 2.45. The molecule has 1 unspecified atom stereocenters. The first-order valence-corrected chi connectivity index (χ1v) is 8.32. The molecule has 1 fully saturated rings. The van der Waals surface area contributed by atoms with Crippen molar-refractivity contribution in [1.82, 2.24) is 0 Å². The minimum atomic E-state index is -0.108. The third kappa shape index (κ3) is 2.78. The maximum atomic E-state index is 12.3. The molecule has 0 N–H and O–H groups in total. The lowest BCUT2D eigenvalue weighted by Crippen LogP contribution is -2.28. The highest BCUT2D eigenvalue weighted by molar-refractivity contribution is 8.00. The molecule has 1 aliphatic rings. The van der Waals surface area contributed by atoms with Crippen LogP contribution in [0.4, 0.5) is 5.69 Å². The predicted octanol–water partition coefficient (Wildman–Crippen LogP) is 5.08. The second-order valence-corrected chi connectivity index (χ2v) is 6.79. The molecule has 3 rings (SSSR count). The number of hydrogen-bond acceptors (Lipinski definition) is 2. The number of hydrogen-bond donors (Lipinski definition) is 0. The van der Waals surface area contributed by atoms with E-state index in [1.54, 1.807) is 17.8 Å². The van der Waals surface area contributed by atoms with E-state index < -0.39 is 0 Å². The van der Waals surface area contributed by atoms with E-state index in [-0.39, 0.29) is 11.3 Å². The molecule has 0 saturated carbocycles. The van der Waals surface area contributed by atoms with Crippen molar-refractivity contribution in [1.29, 1.82) is 0 Å². The van der Waals surface area contributed by atoms with Crippen molar-refractivity contribution in [2.24, 2.45) is 0 Å². The molecule has 1 heterocycles. The van der Waals surface area contributed by atoms with Gasteiger partial charge in [-0.3, -0.25) is 9.69 Å². The molecule has 1 saturated heterocycles. The summed E-state index contributed by atoms with van der Waals surface area (Å²) in [5.41, 5.74) is 2.92. The zero-order valence-electron chi connectivity index (χ0n) is 11.3. The lowest BCUT2D eigenvalue weighted by molar-refractivity contribution is -0.115. The van der Waals surface area contributed by atoms with Gasteiger partial charge in [0, 0.05) is 21.3 Å². The fourth-order valence-corrected chi connectivity index (χ4v) is 4.23. The monoisotopic (exact) mass is 337 g/mol. The van der Waals surface area contributed by atoms with Gasteiger partial charge in [0.1, 0.15) is 5.37 Å². The van der Waals surface area contributed by atoms with E-state index in [9.17, 15) is 4.79 Å². The molecule has 108 valence electrons. The SMILES string of the molecule is Cc1ccccc1N1C(=O)CSC1c1ccc(Cl)cc1Cl. The van der Waals surface area contributed by atoms with Crippen molar-refractivity contribution >= 4 is 46.6 Å². The van der Waals surface area contributed by atoms with Crippen molar-refractivity contribution in [2.75, 3.05) is 10.7 Å². The highest BCUT2D eigenvalue weighted by Gasteiger charge is 2.35. The number of amides is 1. The number of benzene rings is 2. The molecule has 0 aromatic heterocycles. The normalized spacial score (nSPS) is 18.3. The number of para-hydroxylation sites is 1. The summed E-state index contributed by atoms with van der Waals surface area (Å²) in [6.07, 6.45) is 0. The Kier molecular flexibility index (Phi) is 4.16. The average Bonchev–Trinajstić information content (AvgIpc) is 2.81. The lowest BCUT2D eigenvalue weighted by atomic mass is 10.1. The third-order valence-electron chi connectivity index (χ3n) is 3.47. The number of carbonyl (C=O) groups is 1. The number of anilines is 1. The van der Waals surface area contributed by atoms with E-state index in [1.165, 1.54) is 0 Å². The molecule has 2 nitrogen and oxygen atoms in total. The van der Waals surface area contributed by atoms with Crippen LogP contribution in [0.5, 0.6) is 0 Å². The van der Waals surface area contributed by atoms with Crippen molar-refractivity contribution < 1.29 is 4.79 Å². The van der Waals surface area contributed by atoms with E-state index in [2.05, 4.69) is 0 Å². The van der Waals surface area contributed by atoms with E-state index >= 15 is 0 Å². The topological polar surface area (TPSA) is 20.3 Å². The smallest absolute Gasteiger partial charge is 0.238 e. The van der Waals surface area contributed by atoms with Gasteiger partial charge >= 0.3 is 0 Å². The van der Waals surface area contributed by atoms with Gasteiger partial charge in [-0.05, 0) is 30.7 Å². The molecule has 0 radical (unpaired) electrons. The van der Waals surface area contributed by atoms with Crippen LogP contribution in [0, 0.1) is 6.92 Å². The zero-order chi connectivity index (χ0) is 15.0. The van der Waals surface area contributed by atoms with Gasteiger partial charge in [0.15, 0.2) is 0 Å². The summed E-state index contributed by atoms with van der Waals surface area (Å²) >= 11 is 13.9. The van der Waals surface area contributed by atoms with Crippen molar-refractivity contribution in [3.05, 3.63) is 63.6 Å². The van der Waals surface area contributed by atoms with Crippen molar-refractivity contribution in [2.45, 2.75) is 12.3 Å². The summed E-state index contributed by atoms with van der Waals surface area (Å²) in [7, 11) is 0. The van der Waals surface area contributed by atoms with Crippen LogP contribution >= 0.6 is 35.0 Å². The number of thioether (sulfide) groups is 1. The largest absolute Gasteiger partial charge is 0.295 e. The third-order valence-corrected chi connectivity index (χ3v) is 5.23. The van der Waals surface area contributed by atoms with Gasteiger partial charge in [-0.2, -0.15) is 0 Å². The van der Waals surface area contributed by atoms with Gasteiger partial charge in [-0.15, -0.1) is 11.8 Å². The Morgan fingerprint density at radius 2 is 1.95 bits per heavy atom. The van der Waals surface area contributed by atoms with E-state index in [1.807, 2.05) is 48.2 Å². The standard InChI is InChI=1S/C16H13Cl2NOS/c1-10-4-2-3-5-14(10)19-15(20)9-21-16(19)12-7-6-11(17)8-13(12)18/h2-8,16H,9H2,1H3. The summed E-state index contributed by atoms with van der Waals surface area (Å²) in [6, 6.07) is 13.3. The lowest BCUT2D eigenvalue weighted by Gasteiger charge is -2.26. The number of nitrogens with zero attached hydrogens (tertiary/aromatic N) is 1. The highest BCUT2D eigenvalue weighted by Crippen LogP contribution is 2.45. The van der Waals surface area contributed by atoms with E-state index in [0.717, 1.165) is 16.8 Å². The molecule has 0 spiro atoms. The van der Waals surface area contributed by atoms with Crippen molar-refractivity contribution in [3.63, 3.8) is 0 Å². The summed E-state index contributed by atoms with van der Waals surface area (Å²) in [5, 5.41) is 1.08. The van der Waals surface area contributed by atoms with Crippen LogP contribution in [0.15, 0.2) is 42.5 Å². The Hall–Kier alpha value is -1.16. The number of halogens is 2. The number of carbonyl (C=O) groups excluding carboxylic acids is 1. The Morgan fingerprint density at radius 1 is 1.19 bits per heavy atom. The second-order valence-electron chi connectivity index (χ2n) is 4.88. The summed E-state index contributed by atoms with van der Waals surface area (Å²) < 4.78 is 0. The van der Waals surface area contributed by atoms with Gasteiger partial charge in [-0.1, -0.05) is 47.5 Å². The van der Waals surface area contributed by atoms with E-state index in [4.69, 9.17) is 23.2 Å². The van der Waals surface area contributed by atoms with Crippen LogP contribution in [0.3, 0.4) is 0 Å². The Balaban J connectivity index is 2.06. The molecular weight excluding hydrogens is 325 g/mol. The Bertz CT molecular complexity index is 704. The summed E-state index contributed by atoms with van der Waals surface area (Å²) in [6.45, 7) is 2.01. The first-order chi connectivity index (χ1) is 10.1. The number of aryl methyl sites for hydroxylation is 1. The number of rotatable bonds is 2. The van der Waals surface area contributed by atoms with Gasteiger partial charge in [0.2, 0.25) is 5.91 Å². The van der Waals surface area contributed by atoms with Crippen LogP contribution in [-0.2, 0) is 4.79 Å². The Morgan fingerprint density at radius 3 is 2.67 bits per heavy atom. The summed E-state index contributed by atoms with van der Waals surface area (Å²) in [5.74, 6) is 0.558. The second kappa shape index (κ2) is 5.91. The minimum Gasteiger partial charge on any atom is -0.295 e. The van der Waals surface area contributed by atoms with Gasteiger partial charge in [-0.25, -0.2) is 0 Å². The highest BCUT2D eigenvalue weighted by atomic mass is 35.5. The van der Waals surface area contributed by atoms with Crippen LogP contribution < -0.4 is 4.90 Å². The van der Waals surface area contributed by atoms with Crippen LogP contribution in [-0.4, -0.2) is 11.7 Å². The zero-order valence-corrected chi connectivity index (χ0v) is 13.7. The molecule has 0 aliphatic carbocycles. The molecule has 21 heavy (non-hydrogen) atoms. The molecular formula is C16H13Cl2NOS. The maximum Gasteiger partial charge on any atom is 0.238 e. The molecule has 1 atom stereocenters. The molecule has 1 aliphatic heterocycles. The maximum absolute atomic E-state index is 12.3. The molecule has 0 bridgehead atoms. The van der Waals surface area contributed by atoms with Crippen molar-refractivity contribution in [3.8, 4) is 0 Å². The molecule has 1 amide bonds. The Labute approximate surface area is 138 Å². The first kappa shape index (κ1) is 14.8. The van der Waals surface area contributed by atoms with E-state index in [0.29, 0.717) is 15.8 Å². The first-order valence-electron chi connectivity index (χ1n) is 6.52.